The number of carbonyl (C=O) groups is 1. The molecule has 0 aliphatic carbocycles. The lowest BCUT2D eigenvalue weighted by Crippen LogP contribution is -2.47. The fourth-order valence-corrected chi connectivity index (χ4v) is 2.26. The molecule has 0 radical (unpaired) electrons. The summed E-state index contributed by atoms with van der Waals surface area (Å²) in [6.45, 7) is 3.26. The molecule has 1 atom stereocenters. The summed E-state index contributed by atoms with van der Waals surface area (Å²) >= 11 is 0. The van der Waals surface area contributed by atoms with E-state index in [0.717, 1.165) is 26.2 Å². The molecule has 0 spiro atoms. The van der Waals surface area contributed by atoms with Gasteiger partial charge in [-0.15, -0.1) is 0 Å². The molecule has 1 aromatic heterocycles. The molecule has 2 rings (SSSR count). The normalized spacial score (nSPS) is 19.1. The molecule has 1 N–H and O–H groups in total. The first-order valence-electron chi connectivity index (χ1n) is 6.27. The lowest BCUT2D eigenvalue weighted by Gasteiger charge is -2.36. The summed E-state index contributed by atoms with van der Waals surface area (Å²) < 4.78 is 4.99. The highest BCUT2D eigenvalue weighted by Crippen LogP contribution is 2.23. The van der Waals surface area contributed by atoms with Crippen LogP contribution < -0.4 is 4.74 Å². The largest absolute Gasteiger partial charge is 0.481 e. The maximum absolute atomic E-state index is 11.5. The summed E-state index contributed by atoms with van der Waals surface area (Å²) in [5, 5.41) is 9.46. The molecule has 0 aromatic carbocycles. The quantitative estimate of drug-likeness (QED) is 0.853. The Labute approximate surface area is 112 Å². The van der Waals surface area contributed by atoms with Crippen molar-refractivity contribution in [1.29, 1.82) is 0 Å². The van der Waals surface area contributed by atoms with Crippen LogP contribution in [0.15, 0.2) is 18.3 Å². The third-order valence-electron chi connectivity index (χ3n) is 3.42. The zero-order valence-corrected chi connectivity index (χ0v) is 11.2. The van der Waals surface area contributed by atoms with E-state index in [1.807, 2.05) is 11.9 Å². The number of hydrogen-bond acceptors (Lipinski definition) is 5. The van der Waals surface area contributed by atoms with Gasteiger partial charge in [0.1, 0.15) is 6.04 Å². The predicted octanol–water partition coefficient (Wildman–Crippen LogP) is 0.463. The molecule has 6 nitrogen and oxygen atoms in total. The number of likely N-dealkylation sites (N-methyl/N-ethyl adjacent to an activating group) is 1. The summed E-state index contributed by atoms with van der Waals surface area (Å²) in [6.07, 6.45) is 1.58. The second-order valence-electron chi connectivity index (χ2n) is 4.71. The first-order chi connectivity index (χ1) is 9.11. The summed E-state index contributed by atoms with van der Waals surface area (Å²) in [5.41, 5.74) is 0.692. The number of carboxylic acid groups (broad SMARTS) is 1. The van der Waals surface area contributed by atoms with E-state index in [-0.39, 0.29) is 0 Å². The number of aliphatic carboxylic acids is 1. The molecule has 6 heteroatoms. The topological polar surface area (TPSA) is 65.9 Å². The number of aromatic nitrogens is 1. The minimum atomic E-state index is -0.837. The Balaban J connectivity index is 2.17. The zero-order chi connectivity index (χ0) is 13.8. The number of piperazine rings is 1. The van der Waals surface area contributed by atoms with Crippen LogP contribution in [0.3, 0.4) is 0 Å². The van der Waals surface area contributed by atoms with Gasteiger partial charge in [0.15, 0.2) is 0 Å². The molecular formula is C13H19N3O3. The Morgan fingerprint density at radius 1 is 1.37 bits per heavy atom. The summed E-state index contributed by atoms with van der Waals surface area (Å²) in [7, 11) is 3.58. The van der Waals surface area contributed by atoms with Crippen molar-refractivity contribution in [3.05, 3.63) is 23.9 Å². The fourth-order valence-electron chi connectivity index (χ4n) is 2.26. The van der Waals surface area contributed by atoms with Crippen LogP contribution in [-0.2, 0) is 4.79 Å². The number of nitrogens with zero attached hydrogens (tertiary/aromatic N) is 3. The zero-order valence-electron chi connectivity index (χ0n) is 11.2. The first kappa shape index (κ1) is 13.8. The van der Waals surface area contributed by atoms with Crippen molar-refractivity contribution >= 4 is 5.97 Å². The summed E-state index contributed by atoms with van der Waals surface area (Å²) in [4.78, 5) is 19.8. The predicted molar refractivity (Wildman–Crippen MR) is 70.2 cm³/mol. The van der Waals surface area contributed by atoms with Crippen molar-refractivity contribution in [1.82, 2.24) is 14.8 Å². The van der Waals surface area contributed by atoms with E-state index >= 15 is 0 Å². The third kappa shape index (κ3) is 3.21. The maximum Gasteiger partial charge on any atom is 0.325 e. The van der Waals surface area contributed by atoms with Gasteiger partial charge in [0.05, 0.1) is 7.11 Å². The molecule has 1 aliphatic rings. The van der Waals surface area contributed by atoms with Crippen LogP contribution in [0.1, 0.15) is 11.6 Å². The number of carboxylic acids is 1. The van der Waals surface area contributed by atoms with Gasteiger partial charge in [0.2, 0.25) is 5.88 Å². The van der Waals surface area contributed by atoms with Crippen molar-refractivity contribution in [2.75, 3.05) is 40.3 Å². The molecular weight excluding hydrogens is 246 g/mol. The van der Waals surface area contributed by atoms with Gasteiger partial charge in [-0.05, 0) is 18.7 Å². The molecule has 19 heavy (non-hydrogen) atoms. The molecule has 1 unspecified atom stereocenters. The minimum Gasteiger partial charge on any atom is -0.481 e. The Kier molecular flexibility index (Phi) is 4.34. The molecule has 1 saturated heterocycles. The number of pyridine rings is 1. The SMILES string of the molecule is COc1ccc(C(C(=O)O)N2CCN(C)CC2)cn1. The third-order valence-corrected chi connectivity index (χ3v) is 3.42. The van der Waals surface area contributed by atoms with Gasteiger partial charge >= 0.3 is 5.97 Å². The average Bonchev–Trinajstić information content (AvgIpc) is 2.42. The molecule has 0 saturated carbocycles. The maximum atomic E-state index is 11.5. The Hall–Kier alpha value is -1.66. The second-order valence-corrected chi connectivity index (χ2v) is 4.71. The number of rotatable bonds is 4. The van der Waals surface area contributed by atoms with E-state index in [2.05, 4.69) is 9.88 Å². The van der Waals surface area contributed by atoms with Gasteiger partial charge in [-0.25, -0.2) is 4.98 Å². The van der Waals surface area contributed by atoms with Crippen molar-refractivity contribution in [2.24, 2.45) is 0 Å². The van der Waals surface area contributed by atoms with Crippen LogP contribution >= 0.6 is 0 Å². The van der Waals surface area contributed by atoms with Gasteiger partial charge in [-0.2, -0.15) is 0 Å². The van der Waals surface area contributed by atoms with Gasteiger partial charge in [-0.1, -0.05) is 0 Å². The first-order valence-corrected chi connectivity index (χ1v) is 6.27. The van der Waals surface area contributed by atoms with E-state index in [0.29, 0.717) is 11.4 Å². The lowest BCUT2D eigenvalue weighted by molar-refractivity contribution is -0.144. The second kappa shape index (κ2) is 5.99. The van der Waals surface area contributed by atoms with Gasteiger partial charge in [0.25, 0.3) is 0 Å². The Morgan fingerprint density at radius 2 is 2.05 bits per heavy atom. The van der Waals surface area contributed by atoms with Gasteiger partial charge in [0, 0.05) is 38.4 Å². The average molecular weight is 265 g/mol. The van der Waals surface area contributed by atoms with Crippen LogP contribution in [0, 0.1) is 0 Å². The van der Waals surface area contributed by atoms with Crippen LogP contribution in [0.4, 0.5) is 0 Å². The van der Waals surface area contributed by atoms with Crippen molar-refractivity contribution in [3.8, 4) is 5.88 Å². The highest BCUT2D eigenvalue weighted by molar-refractivity contribution is 5.75. The smallest absolute Gasteiger partial charge is 0.325 e. The van der Waals surface area contributed by atoms with Crippen molar-refractivity contribution < 1.29 is 14.6 Å². The van der Waals surface area contributed by atoms with E-state index in [9.17, 15) is 9.90 Å². The summed E-state index contributed by atoms with van der Waals surface area (Å²) in [5.74, 6) is -0.345. The van der Waals surface area contributed by atoms with Gasteiger partial charge < -0.3 is 14.7 Å². The molecule has 104 valence electrons. The van der Waals surface area contributed by atoms with Crippen molar-refractivity contribution in [2.45, 2.75) is 6.04 Å². The summed E-state index contributed by atoms with van der Waals surface area (Å²) in [6, 6.07) is 2.83. The Morgan fingerprint density at radius 3 is 2.53 bits per heavy atom. The number of ether oxygens (including phenoxy) is 1. The van der Waals surface area contributed by atoms with Gasteiger partial charge in [-0.3, -0.25) is 9.69 Å². The monoisotopic (exact) mass is 265 g/mol. The molecule has 0 amide bonds. The molecule has 0 bridgehead atoms. The van der Waals surface area contributed by atoms with E-state index in [1.54, 1.807) is 18.3 Å². The molecule has 1 aliphatic heterocycles. The molecule has 2 heterocycles. The highest BCUT2D eigenvalue weighted by Gasteiger charge is 2.29. The molecule has 1 aromatic rings. The standard InChI is InChI=1S/C13H19N3O3/c1-15-5-7-16(8-6-15)12(13(17)18)10-3-4-11(19-2)14-9-10/h3-4,9,12H,5-8H2,1-2H3,(H,17,18). The Bertz CT molecular complexity index is 427. The number of hydrogen-bond donors (Lipinski definition) is 1. The van der Waals surface area contributed by atoms with E-state index in [1.165, 1.54) is 7.11 Å². The van der Waals surface area contributed by atoms with Crippen LogP contribution in [0.5, 0.6) is 5.88 Å². The molecule has 1 fully saturated rings. The lowest BCUT2D eigenvalue weighted by atomic mass is 10.1. The van der Waals surface area contributed by atoms with Crippen LogP contribution in [0.2, 0.25) is 0 Å². The highest BCUT2D eigenvalue weighted by atomic mass is 16.5. The number of methoxy groups -OCH3 is 1. The van der Waals surface area contributed by atoms with E-state index in [4.69, 9.17) is 4.74 Å². The van der Waals surface area contributed by atoms with E-state index < -0.39 is 12.0 Å². The van der Waals surface area contributed by atoms with Crippen LogP contribution in [-0.4, -0.2) is 66.2 Å². The van der Waals surface area contributed by atoms with Crippen molar-refractivity contribution in [3.63, 3.8) is 0 Å². The minimum absolute atomic E-state index is 0.492. The van der Waals surface area contributed by atoms with Crippen LogP contribution in [0.25, 0.3) is 0 Å². The fraction of sp³-hybridized carbons (Fsp3) is 0.538.